The molecule has 4 saturated heterocycles. The second-order valence-electron chi connectivity index (χ2n) is 15.9. The van der Waals surface area contributed by atoms with E-state index in [1.807, 2.05) is 60.7 Å². The summed E-state index contributed by atoms with van der Waals surface area (Å²) < 4.78 is 14.1. The highest BCUT2D eigenvalue weighted by molar-refractivity contribution is 5.89. The fraction of sp³-hybridized carbons (Fsp3) is 0.409. The van der Waals surface area contributed by atoms with Gasteiger partial charge in [0.2, 0.25) is 0 Å². The second kappa shape index (κ2) is 16.0. The van der Waals surface area contributed by atoms with E-state index in [9.17, 15) is 9.59 Å². The summed E-state index contributed by atoms with van der Waals surface area (Å²) in [5.74, 6) is -0.387. The summed E-state index contributed by atoms with van der Waals surface area (Å²) >= 11 is 0. The van der Waals surface area contributed by atoms with Gasteiger partial charge in [0.05, 0.1) is 49.4 Å². The molecule has 4 unspecified atom stereocenters. The third-order valence-electron chi connectivity index (χ3n) is 13.0. The Hall–Kier alpha value is -3.30. The number of piperidine rings is 2. The van der Waals surface area contributed by atoms with Gasteiger partial charge in [0, 0.05) is 62.5 Å². The highest BCUT2D eigenvalue weighted by Crippen LogP contribution is 2.45. The van der Waals surface area contributed by atoms with Crippen molar-refractivity contribution >= 4 is 11.9 Å². The van der Waals surface area contributed by atoms with Gasteiger partial charge in [-0.05, 0) is 35.4 Å². The zero-order chi connectivity index (χ0) is 34.3. The summed E-state index contributed by atoms with van der Waals surface area (Å²) in [4.78, 5) is 25.5. The molecule has 0 N–H and O–H groups in total. The third kappa shape index (κ3) is 7.68. The van der Waals surface area contributed by atoms with Crippen LogP contribution in [0.3, 0.4) is 0 Å². The van der Waals surface area contributed by atoms with Crippen molar-refractivity contribution in [3.05, 3.63) is 131 Å². The number of halogens is 2. The lowest BCUT2D eigenvalue weighted by molar-refractivity contribution is -0.961. The Labute approximate surface area is 329 Å². The van der Waals surface area contributed by atoms with E-state index in [2.05, 4.69) is 62.6 Å². The lowest BCUT2D eigenvalue weighted by atomic mass is 9.94. The van der Waals surface area contributed by atoms with E-state index in [0.717, 1.165) is 47.7 Å². The van der Waals surface area contributed by atoms with Crippen molar-refractivity contribution in [2.75, 3.05) is 14.1 Å². The Balaban J connectivity index is 0.00000232. The highest BCUT2D eigenvalue weighted by atomic mass is 79.9. The molecule has 8 heteroatoms. The standard InChI is InChI=1S/C44H50N2O4.2BrH/c1-45(37-21-22-38(45)26-41(25-37)49-43(47)35-9-5-3-6-10-35)29-31-13-17-33(18-14-31)34-19-15-32(16-20-34)30-46(2)39-23-24-40(46)28-42(27-39)50-44(48)36-11-7-4-8-12-36;;/h3-20,37-42H,21-30H2,1-2H3;2*1H/q+2;;/p-2. The van der Waals surface area contributed by atoms with Crippen molar-refractivity contribution in [1.29, 1.82) is 0 Å². The maximum Gasteiger partial charge on any atom is 0.338 e. The molecule has 0 amide bonds. The van der Waals surface area contributed by atoms with E-state index in [0.29, 0.717) is 35.3 Å². The molecule has 274 valence electrons. The van der Waals surface area contributed by atoms with Crippen LogP contribution in [-0.4, -0.2) is 71.4 Å². The van der Waals surface area contributed by atoms with E-state index in [1.54, 1.807) is 0 Å². The first-order chi connectivity index (χ1) is 24.3. The number of fused-ring (bicyclic) bond motifs is 4. The lowest BCUT2D eigenvalue weighted by Gasteiger charge is -2.47. The minimum Gasteiger partial charge on any atom is -1.00 e. The van der Waals surface area contributed by atoms with Crippen molar-refractivity contribution in [3.63, 3.8) is 0 Å². The van der Waals surface area contributed by atoms with E-state index < -0.39 is 0 Å². The number of rotatable bonds is 9. The smallest absolute Gasteiger partial charge is 0.338 e. The van der Waals surface area contributed by atoms with Gasteiger partial charge in [-0.15, -0.1) is 0 Å². The first-order valence-electron chi connectivity index (χ1n) is 18.7. The van der Waals surface area contributed by atoms with Gasteiger partial charge >= 0.3 is 11.9 Å². The van der Waals surface area contributed by atoms with Crippen molar-refractivity contribution in [3.8, 4) is 11.1 Å². The monoisotopic (exact) mass is 828 g/mol. The highest BCUT2D eigenvalue weighted by Gasteiger charge is 2.53. The Bertz CT molecular complexity index is 1660. The van der Waals surface area contributed by atoms with E-state index >= 15 is 0 Å². The predicted molar refractivity (Wildman–Crippen MR) is 195 cm³/mol. The van der Waals surface area contributed by atoms with Gasteiger partial charge in [0.1, 0.15) is 25.3 Å². The Morgan fingerprint density at radius 2 is 0.808 bits per heavy atom. The quantitative estimate of drug-likeness (QED) is 0.192. The number of esters is 2. The molecular formula is C44H50Br2N2O4. The van der Waals surface area contributed by atoms with Crippen LogP contribution >= 0.6 is 0 Å². The van der Waals surface area contributed by atoms with E-state index in [-0.39, 0.29) is 58.1 Å². The minimum absolute atomic E-state index is 0. The third-order valence-corrected chi connectivity index (χ3v) is 13.0. The molecule has 0 spiro atoms. The number of carbonyl (C=O) groups excluding carboxylic acids is 2. The molecule has 4 aromatic carbocycles. The second-order valence-corrected chi connectivity index (χ2v) is 15.9. The van der Waals surface area contributed by atoms with Crippen molar-refractivity contribution < 1.29 is 62.0 Å². The van der Waals surface area contributed by atoms with Crippen LogP contribution in [-0.2, 0) is 22.6 Å². The zero-order valence-electron chi connectivity index (χ0n) is 30.2. The van der Waals surface area contributed by atoms with Crippen LogP contribution in [0, 0.1) is 0 Å². The zero-order valence-corrected chi connectivity index (χ0v) is 33.4. The number of ether oxygens (including phenoxy) is 2. The predicted octanol–water partition coefficient (Wildman–Crippen LogP) is 2.36. The van der Waals surface area contributed by atoms with Gasteiger partial charge < -0.3 is 52.4 Å². The Morgan fingerprint density at radius 1 is 0.500 bits per heavy atom. The van der Waals surface area contributed by atoms with E-state index in [1.165, 1.54) is 47.9 Å². The molecular weight excluding hydrogens is 780 g/mol. The molecule has 52 heavy (non-hydrogen) atoms. The molecule has 4 fully saturated rings. The first kappa shape index (κ1) is 38.4. The number of carbonyl (C=O) groups is 2. The molecule has 8 rings (SSSR count). The van der Waals surface area contributed by atoms with Gasteiger partial charge in [-0.3, -0.25) is 0 Å². The molecule has 6 nitrogen and oxygen atoms in total. The fourth-order valence-electron chi connectivity index (χ4n) is 10.1. The average molecular weight is 831 g/mol. The average Bonchev–Trinajstić information content (AvgIpc) is 3.36. The van der Waals surface area contributed by atoms with E-state index in [4.69, 9.17) is 9.47 Å². The summed E-state index contributed by atoms with van der Waals surface area (Å²) in [6.07, 6.45) is 8.59. The summed E-state index contributed by atoms with van der Waals surface area (Å²) in [7, 11) is 4.83. The maximum atomic E-state index is 12.7. The van der Waals surface area contributed by atoms with Crippen LogP contribution in [0.4, 0.5) is 0 Å². The van der Waals surface area contributed by atoms with Crippen LogP contribution in [0.5, 0.6) is 0 Å². The molecule has 0 aliphatic carbocycles. The topological polar surface area (TPSA) is 52.6 Å². The van der Waals surface area contributed by atoms with Crippen molar-refractivity contribution in [2.45, 2.75) is 101 Å². The maximum absolute atomic E-state index is 12.7. The summed E-state index contributed by atoms with van der Waals surface area (Å²) in [5, 5.41) is 0. The van der Waals surface area contributed by atoms with Crippen LogP contribution in [0.2, 0.25) is 0 Å². The number of nitrogens with zero attached hydrogens (tertiary/aromatic N) is 2. The van der Waals surface area contributed by atoms with Crippen LogP contribution in [0.25, 0.3) is 11.1 Å². The number of benzene rings is 4. The Morgan fingerprint density at radius 3 is 1.12 bits per heavy atom. The van der Waals surface area contributed by atoms with Crippen LogP contribution in [0.15, 0.2) is 109 Å². The number of quaternary nitrogens is 2. The van der Waals surface area contributed by atoms with Gasteiger partial charge in [-0.25, -0.2) is 9.59 Å². The van der Waals surface area contributed by atoms with Gasteiger partial charge in [-0.1, -0.05) is 84.9 Å². The molecule has 4 aromatic rings. The molecule has 4 bridgehead atoms. The fourth-order valence-corrected chi connectivity index (χ4v) is 10.1. The number of hydrogen-bond acceptors (Lipinski definition) is 4. The normalized spacial score (nSPS) is 30.0. The molecule has 0 saturated carbocycles. The van der Waals surface area contributed by atoms with Gasteiger partial charge in [0.15, 0.2) is 0 Å². The molecule has 4 aliphatic heterocycles. The molecule has 4 atom stereocenters. The van der Waals surface area contributed by atoms with Crippen molar-refractivity contribution in [2.24, 2.45) is 0 Å². The largest absolute Gasteiger partial charge is 1.00 e. The molecule has 0 radical (unpaired) electrons. The number of hydrogen-bond donors (Lipinski definition) is 0. The van der Waals surface area contributed by atoms with Crippen LogP contribution in [0.1, 0.15) is 83.2 Å². The SMILES string of the molecule is C[N+]1(Cc2ccc(-c3ccc(C[N+]4(C)C5CCC4CC(OC(=O)c4ccccc4)C5)cc3)cc2)C2CCC1CC(OC(=O)c1ccccc1)C2.[Br-].[Br-]. The minimum atomic E-state index is -0.193. The van der Waals surface area contributed by atoms with Gasteiger partial charge in [-0.2, -0.15) is 0 Å². The van der Waals surface area contributed by atoms with Gasteiger partial charge in [0.25, 0.3) is 0 Å². The van der Waals surface area contributed by atoms with Crippen molar-refractivity contribution in [1.82, 2.24) is 0 Å². The summed E-state index contributed by atoms with van der Waals surface area (Å²) in [5.41, 5.74) is 6.52. The summed E-state index contributed by atoms with van der Waals surface area (Å²) in [6.45, 7) is 2.03. The lowest BCUT2D eigenvalue weighted by Crippen LogP contribution is -3.00. The first-order valence-corrected chi connectivity index (χ1v) is 18.7. The Kier molecular flexibility index (Phi) is 11.8. The summed E-state index contributed by atoms with van der Waals surface area (Å²) in [6, 6.07) is 39.2. The van der Waals surface area contributed by atoms with Crippen LogP contribution < -0.4 is 34.0 Å². The molecule has 0 aromatic heterocycles. The molecule has 4 aliphatic rings. The molecule has 4 heterocycles.